The number of carbonyl (C=O) groups excluding carboxylic acids is 2. The molecule has 0 aromatic heterocycles. The van der Waals surface area contributed by atoms with E-state index in [-0.39, 0.29) is 11.7 Å². The molecule has 0 saturated carbocycles. The van der Waals surface area contributed by atoms with E-state index in [4.69, 9.17) is 20.0 Å². The van der Waals surface area contributed by atoms with Crippen molar-refractivity contribution in [2.75, 3.05) is 13.2 Å². The van der Waals surface area contributed by atoms with Crippen LogP contribution in [-0.4, -0.2) is 30.6 Å². The maximum atomic E-state index is 11.8. The first-order valence-corrected chi connectivity index (χ1v) is 7.32. The van der Waals surface area contributed by atoms with Crippen molar-refractivity contribution in [3.63, 3.8) is 0 Å². The van der Waals surface area contributed by atoms with Crippen molar-refractivity contribution in [1.29, 1.82) is 10.5 Å². The average molecular weight is 329 g/mol. The quantitative estimate of drug-likeness (QED) is 0.759. The van der Waals surface area contributed by atoms with Gasteiger partial charge in [0, 0.05) is 0 Å². The molecule has 1 aromatic carbocycles. The number of nitrogens with one attached hydrogen (secondary N) is 1. The van der Waals surface area contributed by atoms with Crippen LogP contribution in [0.15, 0.2) is 24.3 Å². The van der Waals surface area contributed by atoms with Gasteiger partial charge in [0.15, 0.2) is 13.2 Å². The zero-order valence-corrected chi connectivity index (χ0v) is 13.8. The normalized spacial score (nSPS) is 12.4. The number of nitriles is 2. The Bertz CT molecular complexity index is 688. The third-order valence-corrected chi connectivity index (χ3v) is 3.50. The van der Waals surface area contributed by atoms with Gasteiger partial charge in [0.05, 0.1) is 11.6 Å². The Balaban J connectivity index is 2.46. The number of esters is 1. The summed E-state index contributed by atoms with van der Waals surface area (Å²) in [5, 5.41) is 20.6. The van der Waals surface area contributed by atoms with Gasteiger partial charge < -0.3 is 14.8 Å². The molecule has 0 spiro atoms. The Labute approximate surface area is 140 Å². The summed E-state index contributed by atoms with van der Waals surface area (Å²) in [7, 11) is 0. The van der Waals surface area contributed by atoms with Crippen molar-refractivity contribution in [2.24, 2.45) is 5.92 Å². The van der Waals surface area contributed by atoms with Gasteiger partial charge in [-0.2, -0.15) is 10.5 Å². The summed E-state index contributed by atoms with van der Waals surface area (Å²) in [4.78, 5) is 23.4. The standard InChI is InChI=1S/C17H19N3O4/c1-12(2)17(3,11-19)20-15(21)9-24-16(22)10-23-14-7-5-4-6-13(14)8-18/h4-7,12H,9-10H2,1-3H3,(H,20,21)/t17-/m1/s1. The Morgan fingerprint density at radius 3 is 2.50 bits per heavy atom. The monoisotopic (exact) mass is 329 g/mol. The van der Waals surface area contributed by atoms with E-state index in [0.29, 0.717) is 5.56 Å². The zero-order chi connectivity index (χ0) is 18.2. The second kappa shape index (κ2) is 8.54. The highest BCUT2D eigenvalue weighted by molar-refractivity contribution is 5.81. The number of nitrogens with zero attached hydrogens (tertiary/aromatic N) is 2. The number of hydrogen-bond donors (Lipinski definition) is 1. The smallest absolute Gasteiger partial charge is 0.344 e. The summed E-state index contributed by atoms with van der Waals surface area (Å²) in [6.07, 6.45) is 0. The number of amides is 1. The van der Waals surface area contributed by atoms with E-state index in [0.717, 1.165) is 0 Å². The van der Waals surface area contributed by atoms with Crippen LogP contribution in [-0.2, 0) is 14.3 Å². The highest BCUT2D eigenvalue weighted by Crippen LogP contribution is 2.16. The Morgan fingerprint density at radius 2 is 1.92 bits per heavy atom. The summed E-state index contributed by atoms with van der Waals surface area (Å²) in [6, 6.07) is 10.4. The van der Waals surface area contributed by atoms with Crippen molar-refractivity contribution in [2.45, 2.75) is 26.3 Å². The number of ether oxygens (including phenoxy) is 2. The molecule has 0 unspecified atom stereocenters. The fourth-order valence-corrected chi connectivity index (χ4v) is 1.64. The predicted molar refractivity (Wildman–Crippen MR) is 84.6 cm³/mol. The summed E-state index contributed by atoms with van der Waals surface area (Å²) in [6.45, 7) is 4.27. The molecule has 1 N–H and O–H groups in total. The number of carbonyl (C=O) groups is 2. The molecule has 7 heteroatoms. The van der Waals surface area contributed by atoms with Crippen molar-refractivity contribution in [3.05, 3.63) is 29.8 Å². The lowest BCUT2D eigenvalue weighted by molar-refractivity contribution is -0.150. The fourth-order valence-electron chi connectivity index (χ4n) is 1.64. The van der Waals surface area contributed by atoms with E-state index in [1.165, 1.54) is 0 Å². The molecule has 1 rings (SSSR count). The van der Waals surface area contributed by atoms with Crippen LogP contribution in [0, 0.1) is 28.6 Å². The molecule has 0 aliphatic carbocycles. The highest BCUT2D eigenvalue weighted by Gasteiger charge is 2.30. The third-order valence-electron chi connectivity index (χ3n) is 3.50. The SMILES string of the molecule is CC(C)[C@@](C)(C#N)NC(=O)COC(=O)COc1ccccc1C#N. The van der Waals surface area contributed by atoms with Gasteiger partial charge in [-0.15, -0.1) is 0 Å². The maximum Gasteiger partial charge on any atom is 0.344 e. The molecule has 126 valence electrons. The summed E-state index contributed by atoms with van der Waals surface area (Å²) in [5.74, 6) is -1.16. The van der Waals surface area contributed by atoms with E-state index in [1.807, 2.05) is 12.1 Å². The highest BCUT2D eigenvalue weighted by atomic mass is 16.6. The number of para-hydroxylation sites is 1. The minimum atomic E-state index is -1.04. The fraction of sp³-hybridized carbons (Fsp3) is 0.412. The molecule has 0 radical (unpaired) electrons. The van der Waals surface area contributed by atoms with Crippen LogP contribution in [0.25, 0.3) is 0 Å². The molecular formula is C17H19N3O4. The molecule has 24 heavy (non-hydrogen) atoms. The van der Waals surface area contributed by atoms with E-state index in [9.17, 15) is 9.59 Å². The molecule has 0 bridgehead atoms. The molecule has 7 nitrogen and oxygen atoms in total. The van der Waals surface area contributed by atoms with Crippen molar-refractivity contribution >= 4 is 11.9 Å². The summed E-state index contributed by atoms with van der Waals surface area (Å²) in [5.41, 5.74) is -0.740. The molecule has 0 aliphatic heterocycles. The van der Waals surface area contributed by atoms with Crippen LogP contribution in [0.4, 0.5) is 0 Å². The first-order valence-electron chi connectivity index (χ1n) is 7.32. The van der Waals surface area contributed by atoms with Gasteiger partial charge in [0.2, 0.25) is 0 Å². The van der Waals surface area contributed by atoms with Crippen LogP contribution in [0.1, 0.15) is 26.3 Å². The molecule has 1 amide bonds. The first kappa shape index (κ1) is 19.0. The minimum absolute atomic E-state index is 0.104. The van der Waals surface area contributed by atoms with Gasteiger partial charge in [0.25, 0.3) is 5.91 Å². The number of benzene rings is 1. The zero-order valence-electron chi connectivity index (χ0n) is 13.8. The Hall–Kier alpha value is -3.06. The van der Waals surface area contributed by atoms with Crippen molar-refractivity contribution in [3.8, 4) is 17.9 Å². The Kier molecular flexibility index (Phi) is 6.76. The van der Waals surface area contributed by atoms with Gasteiger partial charge in [0.1, 0.15) is 17.4 Å². The van der Waals surface area contributed by atoms with Gasteiger partial charge >= 0.3 is 5.97 Å². The molecule has 1 atom stereocenters. The van der Waals surface area contributed by atoms with Gasteiger partial charge in [-0.1, -0.05) is 26.0 Å². The molecular weight excluding hydrogens is 310 g/mol. The van der Waals surface area contributed by atoms with Gasteiger partial charge in [-0.05, 0) is 25.0 Å². The molecule has 0 saturated heterocycles. The average Bonchev–Trinajstić information content (AvgIpc) is 2.57. The minimum Gasteiger partial charge on any atom is -0.481 e. The largest absolute Gasteiger partial charge is 0.481 e. The van der Waals surface area contributed by atoms with Gasteiger partial charge in [-0.3, -0.25) is 4.79 Å². The van der Waals surface area contributed by atoms with Gasteiger partial charge in [-0.25, -0.2) is 4.79 Å². The van der Waals surface area contributed by atoms with E-state index < -0.39 is 30.6 Å². The van der Waals surface area contributed by atoms with Crippen LogP contribution < -0.4 is 10.1 Å². The van der Waals surface area contributed by atoms with Crippen LogP contribution in [0.3, 0.4) is 0 Å². The molecule has 0 aliphatic rings. The second-order valence-electron chi connectivity index (χ2n) is 5.57. The lowest BCUT2D eigenvalue weighted by Gasteiger charge is -2.27. The molecule has 1 aromatic rings. The van der Waals surface area contributed by atoms with E-state index in [2.05, 4.69) is 5.32 Å². The molecule has 0 heterocycles. The topological polar surface area (TPSA) is 112 Å². The van der Waals surface area contributed by atoms with E-state index >= 15 is 0 Å². The first-order chi connectivity index (χ1) is 11.3. The summed E-state index contributed by atoms with van der Waals surface area (Å²) >= 11 is 0. The number of rotatable bonds is 7. The molecule has 0 fully saturated rings. The maximum absolute atomic E-state index is 11.8. The van der Waals surface area contributed by atoms with E-state index in [1.54, 1.807) is 45.0 Å². The lowest BCUT2D eigenvalue weighted by atomic mass is 9.90. The Morgan fingerprint density at radius 1 is 1.25 bits per heavy atom. The second-order valence-corrected chi connectivity index (χ2v) is 5.57. The predicted octanol–water partition coefficient (Wildman–Crippen LogP) is 1.53. The lowest BCUT2D eigenvalue weighted by Crippen LogP contribution is -2.50. The van der Waals surface area contributed by atoms with Crippen LogP contribution >= 0.6 is 0 Å². The van der Waals surface area contributed by atoms with Crippen molar-refractivity contribution < 1.29 is 19.1 Å². The van der Waals surface area contributed by atoms with Crippen molar-refractivity contribution in [1.82, 2.24) is 5.32 Å². The van der Waals surface area contributed by atoms with Crippen LogP contribution in [0.2, 0.25) is 0 Å². The third kappa shape index (κ3) is 5.29. The van der Waals surface area contributed by atoms with Crippen LogP contribution in [0.5, 0.6) is 5.75 Å². The number of hydrogen-bond acceptors (Lipinski definition) is 6. The summed E-state index contributed by atoms with van der Waals surface area (Å²) < 4.78 is 10.0.